The van der Waals surface area contributed by atoms with Crippen molar-refractivity contribution in [3.05, 3.63) is 30.1 Å². The third-order valence-corrected chi connectivity index (χ3v) is 4.39. The molecule has 0 atom stereocenters. The molecular formula is C12H20N6O2S. The van der Waals surface area contributed by atoms with Gasteiger partial charge in [-0.05, 0) is 19.0 Å². The molecule has 8 nitrogen and oxygen atoms in total. The summed E-state index contributed by atoms with van der Waals surface area (Å²) in [5.74, 6) is 0.472. The van der Waals surface area contributed by atoms with Crippen LogP contribution in [0.1, 0.15) is 24.9 Å². The minimum Gasteiger partial charge on any atom is -0.352 e. The highest BCUT2D eigenvalue weighted by molar-refractivity contribution is 7.89. The van der Waals surface area contributed by atoms with Crippen LogP contribution < -0.4 is 10.0 Å². The van der Waals surface area contributed by atoms with Gasteiger partial charge in [-0.2, -0.15) is 5.10 Å². The molecule has 21 heavy (non-hydrogen) atoms. The molecule has 0 aliphatic carbocycles. The third-order valence-electron chi connectivity index (χ3n) is 3.02. The number of aromatic nitrogens is 4. The monoisotopic (exact) mass is 312 g/mol. The maximum Gasteiger partial charge on any atom is 0.242 e. The predicted molar refractivity (Wildman–Crippen MR) is 77.8 cm³/mol. The van der Waals surface area contributed by atoms with Crippen molar-refractivity contribution in [2.24, 2.45) is 7.05 Å². The van der Waals surface area contributed by atoms with Crippen molar-refractivity contribution in [3.63, 3.8) is 0 Å². The van der Waals surface area contributed by atoms with E-state index in [4.69, 9.17) is 0 Å². The Morgan fingerprint density at radius 2 is 2.19 bits per heavy atom. The van der Waals surface area contributed by atoms with E-state index in [1.807, 2.05) is 11.6 Å². The lowest BCUT2D eigenvalue weighted by molar-refractivity contribution is 0.579. The predicted octanol–water partition coefficient (Wildman–Crippen LogP) is 0.121. The van der Waals surface area contributed by atoms with E-state index in [9.17, 15) is 8.42 Å². The first-order valence-corrected chi connectivity index (χ1v) is 8.21. The Morgan fingerprint density at radius 1 is 1.38 bits per heavy atom. The molecule has 0 fully saturated rings. The molecule has 0 aromatic carbocycles. The van der Waals surface area contributed by atoms with Gasteiger partial charge in [-0.1, -0.05) is 6.92 Å². The molecule has 0 unspecified atom stereocenters. The van der Waals surface area contributed by atoms with Gasteiger partial charge in [-0.25, -0.2) is 18.1 Å². The molecule has 2 aromatic rings. The summed E-state index contributed by atoms with van der Waals surface area (Å²) in [7, 11) is -1.72. The Kier molecular flexibility index (Phi) is 5.10. The van der Waals surface area contributed by atoms with Gasteiger partial charge in [0.1, 0.15) is 12.2 Å². The summed E-state index contributed by atoms with van der Waals surface area (Å²) in [6, 6.07) is 1.67. The van der Waals surface area contributed by atoms with Gasteiger partial charge in [0, 0.05) is 25.5 Å². The van der Waals surface area contributed by atoms with E-state index in [1.54, 1.807) is 12.3 Å². The van der Waals surface area contributed by atoms with E-state index in [2.05, 4.69) is 32.1 Å². The van der Waals surface area contributed by atoms with Gasteiger partial charge in [-0.3, -0.25) is 5.10 Å². The fraction of sp³-hybridized carbons (Fsp3) is 0.500. The Balaban J connectivity index is 2.04. The molecule has 2 heterocycles. The van der Waals surface area contributed by atoms with Crippen LogP contribution in [-0.4, -0.2) is 34.7 Å². The average Bonchev–Trinajstić information content (AvgIpc) is 3.07. The molecule has 2 rings (SSSR count). The van der Waals surface area contributed by atoms with E-state index in [0.717, 1.165) is 18.7 Å². The molecular weight excluding hydrogens is 292 g/mol. The molecule has 0 saturated carbocycles. The lowest BCUT2D eigenvalue weighted by Crippen LogP contribution is -2.23. The first-order valence-electron chi connectivity index (χ1n) is 6.73. The van der Waals surface area contributed by atoms with Crippen molar-refractivity contribution in [2.75, 3.05) is 6.54 Å². The molecule has 116 valence electrons. The van der Waals surface area contributed by atoms with E-state index in [1.165, 1.54) is 6.33 Å². The summed E-state index contributed by atoms with van der Waals surface area (Å²) in [5, 5.41) is 9.53. The fourth-order valence-electron chi connectivity index (χ4n) is 1.86. The highest BCUT2D eigenvalue weighted by atomic mass is 32.2. The van der Waals surface area contributed by atoms with Gasteiger partial charge in [0.25, 0.3) is 0 Å². The van der Waals surface area contributed by atoms with Crippen molar-refractivity contribution in [1.82, 2.24) is 29.8 Å². The second-order valence-electron chi connectivity index (χ2n) is 4.71. The van der Waals surface area contributed by atoms with Crippen molar-refractivity contribution >= 4 is 10.0 Å². The van der Waals surface area contributed by atoms with Gasteiger partial charge in [-0.15, -0.1) is 0 Å². The van der Waals surface area contributed by atoms with Crippen LogP contribution in [0.3, 0.4) is 0 Å². The summed E-state index contributed by atoms with van der Waals surface area (Å²) in [6.45, 7) is 3.71. The summed E-state index contributed by atoms with van der Waals surface area (Å²) in [6.07, 6.45) is 3.98. The number of sulfonamides is 1. The highest BCUT2D eigenvalue weighted by Crippen LogP contribution is 2.13. The largest absolute Gasteiger partial charge is 0.352 e. The standard InChI is InChI=1S/C12H20N6O2S/c1-3-4-13-6-10-5-11(8-18(10)2)21(19,20)16-7-12-14-9-15-17-12/h5,8-9,13,16H,3-4,6-7H2,1-2H3,(H,14,15,17). The first kappa shape index (κ1) is 15.7. The lowest BCUT2D eigenvalue weighted by Gasteiger charge is -2.03. The minimum absolute atomic E-state index is 0.0840. The van der Waals surface area contributed by atoms with Gasteiger partial charge in [0.15, 0.2) is 0 Å². The molecule has 9 heteroatoms. The number of H-pyrrole nitrogens is 1. The van der Waals surface area contributed by atoms with Gasteiger partial charge in [0.05, 0.1) is 11.4 Å². The third kappa shape index (κ3) is 4.13. The number of nitrogens with zero attached hydrogens (tertiary/aromatic N) is 3. The quantitative estimate of drug-likeness (QED) is 0.601. The van der Waals surface area contributed by atoms with Gasteiger partial charge in [0.2, 0.25) is 10.0 Å². The Labute approximate surface area is 124 Å². The van der Waals surface area contributed by atoms with Crippen LogP contribution in [0.4, 0.5) is 0 Å². The van der Waals surface area contributed by atoms with E-state index >= 15 is 0 Å². The molecule has 3 N–H and O–H groups in total. The maximum absolute atomic E-state index is 12.2. The van der Waals surface area contributed by atoms with Crippen molar-refractivity contribution in [3.8, 4) is 0 Å². The maximum atomic E-state index is 12.2. The SMILES string of the molecule is CCCNCc1cc(S(=O)(=O)NCc2ncn[nH]2)cn1C. The second-order valence-corrected chi connectivity index (χ2v) is 6.48. The van der Waals surface area contributed by atoms with Crippen LogP contribution >= 0.6 is 0 Å². The number of rotatable bonds is 8. The van der Waals surface area contributed by atoms with Crippen LogP contribution in [0.15, 0.2) is 23.5 Å². The average molecular weight is 312 g/mol. The van der Waals surface area contributed by atoms with Crippen molar-refractivity contribution in [1.29, 1.82) is 0 Å². The molecule has 0 aliphatic rings. The van der Waals surface area contributed by atoms with Crippen molar-refractivity contribution in [2.45, 2.75) is 31.3 Å². The zero-order chi connectivity index (χ0) is 15.3. The summed E-state index contributed by atoms with van der Waals surface area (Å²) in [5.41, 5.74) is 0.920. The van der Waals surface area contributed by atoms with Gasteiger partial charge < -0.3 is 9.88 Å². The van der Waals surface area contributed by atoms with Crippen LogP contribution in [0, 0.1) is 0 Å². The number of nitrogens with one attached hydrogen (secondary N) is 3. The van der Waals surface area contributed by atoms with Crippen LogP contribution in [0.2, 0.25) is 0 Å². The Morgan fingerprint density at radius 3 is 2.86 bits per heavy atom. The number of hydrogen-bond donors (Lipinski definition) is 3. The van der Waals surface area contributed by atoms with E-state index < -0.39 is 10.0 Å². The molecule has 0 saturated heterocycles. The van der Waals surface area contributed by atoms with Crippen molar-refractivity contribution < 1.29 is 8.42 Å². The van der Waals surface area contributed by atoms with Crippen LogP contribution in [-0.2, 0) is 30.2 Å². The smallest absolute Gasteiger partial charge is 0.242 e. The lowest BCUT2D eigenvalue weighted by atomic mass is 10.4. The fourth-order valence-corrected chi connectivity index (χ4v) is 2.94. The molecule has 0 radical (unpaired) electrons. The molecule has 0 aliphatic heterocycles. The Hall–Kier alpha value is -1.71. The normalized spacial score (nSPS) is 11.9. The number of aryl methyl sites for hydroxylation is 1. The summed E-state index contributed by atoms with van der Waals surface area (Å²) >= 11 is 0. The number of hydrogen-bond acceptors (Lipinski definition) is 5. The molecule has 0 spiro atoms. The van der Waals surface area contributed by atoms with Crippen LogP contribution in [0.25, 0.3) is 0 Å². The minimum atomic E-state index is -3.56. The zero-order valence-corrected chi connectivity index (χ0v) is 12.9. The van der Waals surface area contributed by atoms with E-state index in [0.29, 0.717) is 12.4 Å². The Bertz CT molecular complexity index is 662. The molecule has 0 amide bonds. The highest BCUT2D eigenvalue weighted by Gasteiger charge is 2.17. The number of aromatic amines is 1. The summed E-state index contributed by atoms with van der Waals surface area (Å²) < 4.78 is 28.7. The molecule has 2 aromatic heterocycles. The molecule has 0 bridgehead atoms. The second kappa shape index (κ2) is 6.83. The van der Waals surface area contributed by atoms with E-state index in [-0.39, 0.29) is 11.4 Å². The first-order chi connectivity index (χ1) is 10.0. The topological polar surface area (TPSA) is 105 Å². The zero-order valence-electron chi connectivity index (χ0n) is 12.1. The summed E-state index contributed by atoms with van der Waals surface area (Å²) in [4.78, 5) is 4.12. The van der Waals surface area contributed by atoms with Gasteiger partial charge >= 0.3 is 0 Å². The van der Waals surface area contributed by atoms with Crippen LogP contribution in [0.5, 0.6) is 0 Å².